The van der Waals surface area contributed by atoms with Gasteiger partial charge in [0.2, 0.25) is 0 Å². The Balaban J connectivity index is 1.97. The van der Waals surface area contributed by atoms with Gasteiger partial charge in [0.05, 0.1) is 13.2 Å². The molecule has 0 bridgehead atoms. The Morgan fingerprint density at radius 1 is 0.718 bits per heavy atom. The fraction of sp³-hybridized carbons (Fsp3) is 0.394. The van der Waals surface area contributed by atoms with Crippen LogP contribution in [-0.4, -0.2) is 47.1 Å². The van der Waals surface area contributed by atoms with Crippen LogP contribution in [-0.2, 0) is 13.9 Å². The van der Waals surface area contributed by atoms with Crippen molar-refractivity contribution in [3.8, 4) is 11.5 Å². The highest BCUT2D eigenvalue weighted by atomic mass is 28.4. The minimum atomic E-state index is -2.70. The summed E-state index contributed by atoms with van der Waals surface area (Å²) in [6.45, 7) is 13.9. The van der Waals surface area contributed by atoms with Crippen LogP contribution in [0.2, 0.25) is 5.04 Å². The molecule has 2 unspecified atom stereocenters. The zero-order valence-electron chi connectivity index (χ0n) is 24.4. The molecule has 0 fully saturated rings. The van der Waals surface area contributed by atoms with E-state index in [1.165, 1.54) is 10.4 Å². The van der Waals surface area contributed by atoms with E-state index in [1.807, 2.05) is 44.2 Å². The molecule has 0 aliphatic carbocycles. The second-order valence-corrected chi connectivity index (χ2v) is 14.7. The molecular formula is C33H44O5Si. The lowest BCUT2D eigenvalue weighted by molar-refractivity contribution is -0.171. The van der Waals surface area contributed by atoms with Crippen molar-refractivity contribution >= 4 is 18.7 Å². The summed E-state index contributed by atoms with van der Waals surface area (Å²) >= 11 is 0. The summed E-state index contributed by atoms with van der Waals surface area (Å²) in [5.74, 6) is 1.48. The van der Waals surface area contributed by atoms with Crippen molar-refractivity contribution < 1.29 is 23.4 Å². The minimum absolute atomic E-state index is 0.115. The van der Waals surface area contributed by atoms with Gasteiger partial charge in [-0.25, -0.2) is 0 Å². The fourth-order valence-electron chi connectivity index (χ4n) is 4.84. The molecule has 0 aliphatic rings. The maximum Gasteiger partial charge on any atom is 0.261 e. The van der Waals surface area contributed by atoms with Crippen LogP contribution in [0, 0.1) is 0 Å². The largest absolute Gasteiger partial charge is 0.497 e. The Labute approximate surface area is 235 Å². The van der Waals surface area contributed by atoms with E-state index >= 15 is 0 Å². The average Bonchev–Trinajstić information content (AvgIpc) is 2.94. The van der Waals surface area contributed by atoms with Gasteiger partial charge in [-0.3, -0.25) is 0 Å². The summed E-state index contributed by atoms with van der Waals surface area (Å²) in [4.78, 5) is 0. The zero-order chi connectivity index (χ0) is 28.3. The molecule has 0 saturated heterocycles. The predicted molar refractivity (Wildman–Crippen MR) is 162 cm³/mol. The molecule has 3 rings (SSSR count). The van der Waals surface area contributed by atoms with E-state index in [9.17, 15) is 0 Å². The van der Waals surface area contributed by atoms with Crippen LogP contribution in [0.3, 0.4) is 0 Å². The van der Waals surface area contributed by atoms with E-state index < -0.39 is 20.7 Å². The number of hydrogen-bond acceptors (Lipinski definition) is 5. The van der Waals surface area contributed by atoms with E-state index in [0.717, 1.165) is 5.75 Å². The molecule has 3 aromatic rings. The highest BCUT2D eigenvalue weighted by Crippen LogP contribution is 2.37. The number of benzene rings is 3. The molecule has 0 heterocycles. The first-order chi connectivity index (χ1) is 18.7. The molecule has 3 aromatic carbocycles. The molecule has 0 aliphatic heterocycles. The van der Waals surface area contributed by atoms with Gasteiger partial charge in [-0.05, 0) is 66.5 Å². The van der Waals surface area contributed by atoms with Gasteiger partial charge in [-0.1, -0.05) is 87.5 Å². The average molecular weight is 549 g/mol. The van der Waals surface area contributed by atoms with E-state index in [1.54, 1.807) is 7.11 Å². The molecule has 0 N–H and O–H groups in total. The monoisotopic (exact) mass is 548 g/mol. The fourth-order valence-corrected chi connectivity index (χ4v) is 9.49. The Bertz CT molecular complexity index is 1080. The number of ether oxygens (including phenoxy) is 4. The molecule has 2 atom stereocenters. The second-order valence-electron chi connectivity index (χ2n) is 10.4. The van der Waals surface area contributed by atoms with E-state index in [2.05, 4.69) is 94.4 Å². The molecular weight excluding hydrogens is 504 g/mol. The van der Waals surface area contributed by atoms with Crippen molar-refractivity contribution in [1.82, 2.24) is 0 Å². The summed E-state index contributed by atoms with van der Waals surface area (Å²) in [6.07, 6.45) is 2.85. The van der Waals surface area contributed by atoms with Gasteiger partial charge in [0.1, 0.15) is 11.5 Å². The maximum absolute atomic E-state index is 7.20. The summed E-state index contributed by atoms with van der Waals surface area (Å²) in [5.41, 5.74) is 0. The minimum Gasteiger partial charge on any atom is -0.497 e. The molecule has 0 saturated carbocycles. The smallest absolute Gasteiger partial charge is 0.261 e. The molecule has 5 nitrogen and oxygen atoms in total. The van der Waals surface area contributed by atoms with E-state index in [4.69, 9.17) is 23.4 Å². The Kier molecular flexibility index (Phi) is 11.4. The lowest BCUT2D eigenvalue weighted by Gasteiger charge is -2.44. The molecule has 39 heavy (non-hydrogen) atoms. The van der Waals surface area contributed by atoms with Crippen molar-refractivity contribution in [3.63, 3.8) is 0 Å². The highest BCUT2D eigenvalue weighted by molar-refractivity contribution is 6.99. The molecule has 0 aromatic heterocycles. The first-order valence-electron chi connectivity index (χ1n) is 13.8. The Morgan fingerprint density at radius 2 is 1.21 bits per heavy atom. The maximum atomic E-state index is 7.20. The van der Waals surface area contributed by atoms with Crippen LogP contribution in [0.1, 0.15) is 41.5 Å². The van der Waals surface area contributed by atoms with E-state index in [0.29, 0.717) is 19.0 Å². The quantitative estimate of drug-likeness (QED) is 0.133. The first-order valence-corrected chi connectivity index (χ1v) is 15.7. The predicted octanol–water partition coefficient (Wildman–Crippen LogP) is 6.36. The van der Waals surface area contributed by atoms with Crippen molar-refractivity contribution in [1.29, 1.82) is 0 Å². The normalized spacial score (nSPS) is 13.9. The van der Waals surface area contributed by atoms with Gasteiger partial charge in [-0.2, -0.15) is 0 Å². The molecule has 0 radical (unpaired) electrons. The van der Waals surface area contributed by atoms with Gasteiger partial charge in [0, 0.05) is 13.2 Å². The third-order valence-corrected chi connectivity index (χ3v) is 11.7. The zero-order valence-corrected chi connectivity index (χ0v) is 25.4. The van der Waals surface area contributed by atoms with Gasteiger partial charge < -0.3 is 23.4 Å². The number of rotatable bonds is 14. The first kappa shape index (κ1) is 30.6. The van der Waals surface area contributed by atoms with Gasteiger partial charge >= 0.3 is 0 Å². The van der Waals surface area contributed by atoms with Crippen molar-refractivity contribution in [2.75, 3.05) is 20.3 Å². The van der Waals surface area contributed by atoms with Gasteiger partial charge in [0.15, 0.2) is 12.4 Å². The van der Waals surface area contributed by atoms with Crippen LogP contribution >= 0.6 is 0 Å². The van der Waals surface area contributed by atoms with Gasteiger partial charge in [0.25, 0.3) is 8.32 Å². The second kappa shape index (κ2) is 14.5. The molecule has 0 amide bonds. The van der Waals surface area contributed by atoms with Crippen LogP contribution in [0.25, 0.3) is 0 Å². The van der Waals surface area contributed by atoms with Crippen LogP contribution in [0.4, 0.5) is 0 Å². The van der Waals surface area contributed by atoms with Crippen LogP contribution < -0.4 is 19.8 Å². The van der Waals surface area contributed by atoms with E-state index in [-0.39, 0.29) is 11.1 Å². The van der Waals surface area contributed by atoms with Crippen molar-refractivity contribution in [2.24, 2.45) is 0 Å². The molecule has 0 spiro atoms. The van der Waals surface area contributed by atoms with Crippen LogP contribution in [0.15, 0.2) is 97.1 Å². The standard InChI is InChI=1S/C33H44O5Si/c1-8-35-32(36-9-2)31(37-28-23-21-27(34-7)22-24-28)25-20-26(3)38-39(33(4,5)6,29-16-12-10-13-17-29)30-18-14-11-15-19-30/h10-26,31-32H,8-9H2,1-7H3/b25-20+. The summed E-state index contributed by atoms with van der Waals surface area (Å²) in [7, 11) is -1.05. The lowest BCUT2D eigenvalue weighted by atomic mass is 10.2. The third kappa shape index (κ3) is 7.82. The Morgan fingerprint density at radius 3 is 1.64 bits per heavy atom. The lowest BCUT2D eigenvalue weighted by Crippen LogP contribution is -2.67. The van der Waals surface area contributed by atoms with Crippen molar-refractivity contribution in [3.05, 3.63) is 97.1 Å². The van der Waals surface area contributed by atoms with Gasteiger partial charge in [-0.15, -0.1) is 0 Å². The summed E-state index contributed by atoms with van der Waals surface area (Å²) in [5, 5.41) is 2.38. The molecule has 6 heteroatoms. The Hall–Kier alpha value is -2.90. The SMILES string of the molecule is CCOC(OCC)C(/C=C/C(C)O[Si](c1ccccc1)(c1ccccc1)C(C)(C)C)Oc1ccc(OC)cc1. The van der Waals surface area contributed by atoms with Crippen molar-refractivity contribution in [2.45, 2.75) is 65.1 Å². The molecule has 210 valence electrons. The topological polar surface area (TPSA) is 46.2 Å². The number of hydrogen-bond donors (Lipinski definition) is 0. The third-order valence-electron chi connectivity index (χ3n) is 6.61. The summed E-state index contributed by atoms with van der Waals surface area (Å²) < 4.78 is 30.7. The summed E-state index contributed by atoms with van der Waals surface area (Å²) in [6, 6.07) is 28.9. The highest BCUT2D eigenvalue weighted by Gasteiger charge is 2.50. The van der Waals surface area contributed by atoms with Crippen LogP contribution in [0.5, 0.6) is 11.5 Å². The number of methoxy groups -OCH3 is 1.